The summed E-state index contributed by atoms with van der Waals surface area (Å²) in [5.74, 6) is 0.264. The Balaban J connectivity index is 1.82. The maximum absolute atomic E-state index is 12.3. The Morgan fingerprint density at radius 2 is 1.76 bits per heavy atom. The Kier molecular flexibility index (Phi) is 5.64. The summed E-state index contributed by atoms with van der Waals surface area (Å²) in [4.78, 5) is 16.9. The largest absolute Gasteiger partial charge is 0.293 e. The van der Waals surface area contributed by atoms with Crippen LogP contribution in [0.1, 0.15) is 15.9 Å². The lowest BCUT2D eigenvalue weighted by Crippen LogP contribution is -2.03. The van der Waals surface area contributed by atoms with Gasteiger partial charge in [-0.15, -0.1) is 0 Å². The summed E-state index contributed by atoms with van der Waals surface area (Å²) in [5, 5.41) is 9.88. The number of hydrogen-bond donors (Lipinski definition) is 0. The first-order valence-corrected chi connectivity index (χ1v) is 9.33. The third kappa shape index (κ3) is 4.36. The van der Waals surface area contributed by atoms with E-state index in [9.17, 15) is 10.1 Å². The van der Waals surface area contributed by atoms with Crippen molar-refractivity contribution in [3.05, 3.63) is 82.3 Å². The van der Waals surface area contributed by atoms with E-state index in [-0.39, 0.29) is 11.5 Å². The van der Waals surface area contributed by atoms with Gasteiger partial charge in [0.1, 0.15) is 11.1 Å². The molecular formula is C20H13BrN2OS. The number of pyridine rings is 1. The molecular weight excluding hydrogens is 396 g/mol. The van der Waals surface area contributed by atoms with Crippen LogP contribution in [0.5, 0.6) is 0 Å². The van der Waals surface area contributed by atoms with Gasteiger partial charge in [-0.05, 0) is 24.3 Å². The maximum atomic E-state index is 12.3. The summed E-state index contributed by atoms with van der Waals surface area (Å²) >= 11 is 4.71. The smallest absolute Gasteiger partial charge is 0.173 e. The summed E-state index contributed by atoms with van der Waals surface area (Å²) in [5.41, 5.74) is 2.88. The second kappa shape index (κ2) is 8.11. The van der Waals surface area contributed by atoms with Crippen molar-refractivity contribution < 1.29 is 4.79 Å². The maximum Gasteiger partial charge on any atom is 0.173 e. The summed E-state index contributed by atoms with van der Waals surface area (Å²) in [6.45, 7) is 0. The fourth-order valence-electron chi connectivity index (χ4n) is 2.26. The van der Waals surface area contributed by atoms with Crippen molar-refractivity contribution in [3.63, 3.8) is 0 Å². The monoisotopic (exact) mass is 408 g/mol. The molecule has 3 rings (SSSR count). The van der Waals surface area contributed by atoms with Crippen LogP contribution >= 0.6 is 27.7 Å². The number of Topliss-reactive ketones (excluding diaryl/α,β-unsaturated/α-hetero) is 1. The number of aromatic nitrogens is 1. The first kappa shape index (κ1) is 17.4. The van der Waals surface area contributed by atoms with Gasteiger partial charge >= 0.3 is 0 Å². The van der Waals surface area contributed by atoms with E-state index < -0.39 is 0 Å². The highest BCUT2D eigenvalue weighted by Gasteiger charge is 2.11. The summed E-state index contributed by atoms with van der Waals surface area (Å²) < 4.78 is 0.993. The minimum absolute atomic E-state index is 0.0188. The lowest BCUT2D eigenvalue weighted by Gasteiger charge is -2.07. The molecule has 0 N–H and O–H groups in total. The lowest BCUT2D eigenvalue weighted by molar-refractivity contribution is 0.102. The van der Waals surface area contributed by atoms with Gasteiger partial charge < -0.3 is 0 Å². The molecule has 0 aliphatic heterocycles. The molecule has 1 heterocycles. The summed E-state index contributed by atoms with van der Waals surface area (Å²) in [7, 11) is 0. The standard InChI is InChI=1S/C20H13BrN2OS/c21-17-9-6-14(7-10-17)18-11-8-16(12-22)20(23-18)25-13-19(24)15-4-2-1-3-5-15/h1-11H,13H2. The molecule has 0 saturated heterocycles. The average molecular weight is 409 g/mol. The molecule has 0 saturated carbocycles. The molecule has 0 spiro atoms. The third-order valence-electron chi connectivity index (χ3n) is 3.56. The summed E-state index contributed by atoms with van der Waals surface area (Å²) in [6.07, 6.45) is 0. The molecule has 3 nitrogen and oxygen atoms in total. The van der Waals surface area contributed by atoms with E-state index in [4.69, 9.17) is 0 Å². The number of nitriles is 1. The van der Waals surface area contributed by atoms with Gasteiger partial charge in [-0.1, -0.05) is 70.2 Å². The Labute approximate surface area is 158 Å². The zero-order valence-corrected chi connectivity index (χ0v) is 15.5. The number of thioether (sulfide) groups is 1. The molecule has 0 fully saturated rings. The molecule has 0 bridgehead atoms. The van der Waals surface area contributed by atoms with Gasteiger partial charge in [0.15, 0.2) is 5.78 Å². The Bertz CT molecular complexity index is 934. The normalized spacial score (nSPS) is 10.2. The van der Waals surface area contributed by atoms with Gasteiger partial charge in [0, 0.05) is 15.6 Å². The predicted octanol–water partition coefficient (Wildman–Crippen LogP) is 5.36. The van der Waals surface area contributed by atoms with E-state index in [1.165, 1.54) is 11.8 Å². The molecule has 0 aliphatic carbocycles. The van der Waals surface area contributed by atoms with Crippen LogP contribution in [0.15, 0.2) is 76.2 Å². The fourth-order valence-corrected chi connectivity index (χ4v) is 3.39. The zero-order valence-electron chi connectivity index (χ0n) is 13.1. The van der Waals surface area contributed by atoms with Crippen LogP contribution in [0.2, 0.25) is 0 Å². The SMILES string of the molecule is N#Cc1ccc(-c2ccc(Br)cc2)nc1SCC(=O)c1ccccc1. The van der Waals surface area contributed by atoms with E-state index in [0.717, 1.165) is 15.7 Å². The number of rotatable bonds is 5. The molecule has 0 radical (unpaired) electrons. The minimum atomic E-state index is 0.0188. The van der Waals surface area contributed by atoms with Crippen molar-refractivity contribution in [3.8, 4) is 17.3 Å². The Morgan fingerprint density at radius 3 is 2.44 bits per heavy atom. The van der Waals surface area contributed by atoms with Crippen molar-refractivity contribution in [2.45, 2.75) is 5.03 Å². The molecule has 0 unspecified atom stereocenters. The van der Waals surface area contributed by atoms with Gasteiger partial charge in [0.25, 0.3) is 0 Å². The Morgan fingerprint density at radius 1 is 1.04 bits per heavy atom. The second-order valence-corrected chi connectivity index (χ2v) is 7.13. The van der Waals surface area contributed by atoms with Crippen molar-refractivity contribution in [1.82, 2.24) is 4.98 Å². The first-order chi connectivity index (χ1) is 12.2. The van der Waals surface area contributed by atoms with E-state index in [0.29, 0.717) is 16.2 Å². The number of halogens is 1. The van der Waals surface area contributed by atoms with Crippen LogP contribution in [-0.2, 0) is 0 Å². The fraction of sp³-hybridized carbons (Fsp3) is 0.0500. The number of nitrogens with zero attached hydrogens (tertiary/aromatic N) is 2. The van der Waals surface area contributed by atoms with E-state index in [1.54, 1.807) is 18.2 Å². The quantitative estimate of drug-likeness (QED) is 0.421. The highest BCUT2D eigenvalue weighted by atomic mass is 79.9. The van der Waals surface area contributed by atoms with E-state index in [2.05, 4.69) is 27.0 Å². The van der Waals surface area contributed by atoms with Crippen LogP contribution in [-0.4, -0.2) is 16.5 Å². The summed E-state index contributed by atoms with van der Waals surface area (Å²) in [6, 6.07) is 22.7. The number of carbonyl (C=O) groups is 1. The topological polar surface area (TPSA) is 53.8 Å². The van der Waals surface area contributed by atoms with Gasteiger partial charge in [0.05, 0.1) is 17.0 Å². The molecule has 0 atom stereocenters. The average Bonchev–Trinajstić information content (AvgIpc) is 2.67. The predicted molar refractivity (Wildman–Crippen MR) is 104 cm³/mol. The van der Waals surface area contributed by atoms with Crippen LogP contribution in [0.4, 0.5) is 0 Å². The molecule has 0 amide bonds. The number of benzene rings is 2. The van der Waals surface area contributed by atoms with E-state index in [1.807, 2.05) is 48.5 Å². The van der Waals surface area contributed by atoms with E-state index >= 15 is 0 Å². The van der Waals surface area contributed by atoms with Crippen molar-refractivity contribution in [2.24, 2.45) is 0 Å². The van der Waals surface area contributed by atoms with Crippen LogP contribution in [0.25, 0.3) is 11.3 Å². The third-order valence-corrected chi connectivity index (χ3v) is 5.08. The van der Waals surface area contributed by atoms with Crippen LogP contribution < -0.4 is 0 Å². The highest BCUT2D eigenvalue weighted by molar-refractivity contribution is 9.10. The zero-order chi connectivity index (χ0) is 17.6. The van der Waals surface area contributed by atoms with Crippen molar-refractivity contribution >= 4 is 33.5 Å². The lowest BCUT2D eigenvalue weighted by atomic mass is 10.1. The highest BCUT2D eigenvalue weighted by Crippen LogP contribution is 2.26. The molecule has 0 aliphatic rings. The van der Waals surface area contributed by atoms with Crippen LogP contribution in [0, 0.1) is 11.3 Å². The van der Waals surface area contributed by atoms with Gasteiger partial charge in [-0.3, -0.25) is 4.79 Å². The molecule has 122 valence electrons. The number of hydrogen-bond acceptors (Lipinski definition) is 4. The van der Waals surface area contributed by atoms with Gasteiger partial charge in [0.2, 0.25) is 0 Å². The van der Waals surface area contributed by atoms with Crippen molar-refractivity contribution in [1.29, 1.82) is 5.26 Å². The van der Waals surface area contributed by atoms with Crippen LogP contribution in [0.3, 0.4) is 0 Å². The molecule has 3 aromatic rings. The van der Waals surface area contributed by atoms with Gasteiger partial charge in [-0.25, -0.2) is 4.98 Å². The Hall–Kier alpha value is -2.42. The number of carbonyl (C=O) groups excluding carboxylic acids is 1. The first-order valence-electron chi connectivity index (χ1n) is 7.55. The molecule has 1 aromatic heterocycles. The van der Waals surface area contributed by atoms with Gasteiger partial charge in [-0.2, -0.15) is 5.26 Å². The molecule has 5 heteroatoms. The minimum Gasteiger partial charge on any atom is -0.293 e. The van der Waals surface area contributed by atoms with Crippen molar-refractivity contribution in [2.75, 3.05) is 5.75 Å². The molecule has 2 aromatic carbocycles. The molecule has 25 heavy (non-hydrogen) atoms. The second-order valence-electron chi connectivity index (χ2n) is 5.25. The number of ketones is 1.